The highest BCUT2D eigenvalue weighted by atomic mass is 32.2. The quantitative estimate of drug-likeness (QED) is 0.382. The Hall–Kier alpha value is -2.59. The van der Waals surface area contributed by atoms with Gasteiger partial charge in [0.15, 0.2) is 0 Å². The Labute approximate surface area is 209 Å². The van der Waals surface area contributed by atoms with E-state index in [9.17, 15) is 24.3 Å². The van der Waals surface area contributed by atoms with Crippen LogP contribution < -0.4 is 4.87 Å². The number of benzene rings is 1. The number of carbonyl (C=O) groups is 3. The number of carboxylic acids is 1. The van der Waals surface area contributed by atoms with Crippen LogP contribution in [0.15, 0.2) is 34.1 Å². The molecule has 7 atom stereocenters. The third-order valence-corrected chi connectivity index (χ3v) is 10.9. The fraction of sp³-hybridized carbons (Fsp3) is 0.520. The number of nitrogens with one attached hydrogen (secondary N) is 1. The Morgan fingerprint density at radius 1 is 1.06 bits per heavy atom. The van der Waals surface area contributed by atoms with Crippen molar-refractivity contribution in [1.82, 2.24) is 9.88 Å². The van der Waals surface area contributed by atoms with Crippen molar-refractivity contribution in [2.75, 3.05) is 6.54 Å². The Balaban J connectivity index is 1.30. The summed E-state index contributed by atoms with van der Waals surface area (Å²) < 4.78 is 0. The summed E-state index contributed by atoms with van der Waals surface area (Å²) >= 11 is 2.81. The van der Waals surface area contributed by atoms with Crippen molar-refractivity contribution >= 4 is 40.9 Å². The lowest BCUT2D eigenvalue weighted by molar-refractivity contribution is -0.141. The van der Waals surface area contributed by atoms with Gasteiger partial charge in [-0.3, -0.25) is 24.1 Å². The number of thioether (sulfide) groups is 1. The maximum Gasteiger partial charge on any atom is 0.305 e. The Bertz CT molecular complexity index is 1270. The van der Waals surface area contributed by atoms with Gasteiger partial charge in [-0.1, -0.05) is 36.0 Å². The number of imide groups is 1. The second-order valence-corrected chi connectivity index (χ2v) is 12.3. The number of likely N-dealkylation sites (tertiary alicyclic amines) is 1. The first-order valence-corrected chi connectivity index (χ1v) is 13.8. The molecule has 0 radical (unpaired) electrons. The van der Waals surface area contributed by atoms with E-state index in [1.54, 1.807) is 23.9 Å². The minimum Gasteiger partial charge on any atom is -0.508 e. The van der Waals surface area contributed by atoms with Crippen LogP contribution in [0.4, 0.5) is 0 Å². The van der Waals surface area contributed by atoms with Crippen molar-refractivity contribution in [3.63, 3.8) is 0 Å². The number of unbranched alkanes of at least 4 members (excludes halogenated alkanes) is 2. The number of hydrogen-bond donors (Lipinski definition) is 3. The number of amides is 2. The minimum atomic E-state index is -0.835. The molecule has 2 bridgehead atoms. The molecule has 0 unspecified atom stereocenters. The van der Waals surface area contributed by atoms with Gasteiger partial charge < -0.3 is 15.2 Å². The summed E-state index contributed by atoms with van der Waals surface area (Å²) in [4.78, 5) is 55.1. The van der Waals surface area contributed by atoms with Gasteiger partial charge in [0, 0.05) is 34.6 Å². The highest BCUT2D eigenvalue weighted by Crippen LogP contribution is 2.68. The van der Waals surface area contributed by atoms with Crippen LogP contribution in [0.3, 0.4) is 0 Å². The van der Waals surface area contributed by atoms with Gasteiger partial charge in [0.2, 0.25) is 11.8 Å². The summed E-state index contributed by atoms with van der Waals surface area (Å²) in [7, 11) is 0. The number of phenolic OH excluding ortho intramolecular Hbond substituents is 1. The molecular weight excluding hydrogens is 488 g/mol. The van der Waals surface area contributed by atoms with E-state index in [0.29, 0.717) is 25.8 Å². The molecule has 1 aromatic carbocycles. The molecule has 2 amide bonds. The largest absolute Gasteiger partial charge is 0.508 e. The third-order valence-electron chi connectivity index (χ3n) is 8.36. The number of para-hydroxylation sites is 1. The SMILES string of the molecule is O=C(O)CCCCCN1C(=O)[C@@H]2[C@H]3C[C@@H]([C@@H]4Sc5[nH]c(=O)sc5[C@H](c5ccccc5O)[C@@H]34)[C@H]2C1=O. The van der Waals surface area contributed by atoms with E-state index in [2.05, 4.69) is 4.98 Å². The molecule has 2 saturated carbocycles. The smallest absolute Gasteiger partial charge is 0.305 e. The average molecular weight is 515 g/mol. The van der Waals surface area contributed by atoms with Crippen molar-refractivity contribution in [1.29, 1.82) is 0 Å². The zero-order chi connectivity index (χ0) is 24.4. The summed E-state index contributed by atoms with van der Waals surface area (Å²) in [5.74, 6) is -1.56. The second kappa shape index (κ2) is 8.51. The van der Waals surface area contributed by atoms with Gasteiger partial charge in [-0.15, -0.1) is 11.8 Å². The average Bonchev–Trinajstić information content (AvgIpc) is 3.54. The summed E-state index contributed by atoms with van der Waals surface area (Å²) in [6.07, 6.45) is 2.71. The normalized spacial score (nSPS) is 32.6. The number of aromatic nitrogens is 1. The van der Waals surface area contributed by atoms with Gasteiger partial charge in [0.05, 0.1) is 16.9 Å². The summed E-state index contributed by atoms with van der Waals surface area (Å²) in [5.41, 5.74) is 0.774. The van der Waals surface area contributed by atoms with Crippen molar-refractivity contribution in [3.8, 4) is 5.75 Å². The first-order valence-electron chi connectivity index (χ1n) is 12.1. The van der Waals surface area contributed by atoms with E-state index in [1.807, 2.05) is 12.1 Å². The van der Waals surface area contributed by atoms with Crippen LogP contribution in [0.1, 0.15) is 48.5 Å². The number of aromatic hydroxyl groups is 1. The number of phenols is 1. The lowest BCUT2D eigenvalue weighted by Gasteiger charge is -2.43. The number of fused-ring (bicyclic) bond motifs is 9. The number of carbonyl (C=O) groups excluding carboxylic acids is 2. The minimum absolute atomic E-state index is 0.0194. The van der Waals surface area contributed by atoms with Crippen molar-refractivity contribution < 1.29 is 24.6 Å². The maximum absolute atomic E-state index is 13.5. The molecule has 3 heterocycles. The molecule has 2 aliphatic heterocycles. The van der Waals surface area contributed by atoms with Crippen molar-refractivity contribution in [2.45, 2.75) is 48.3 Å². The molecule has 0 spiro atoms. The van der Waals surface area contributed by atoms with Crippen LogP contribution >= 0.6 is 23.1 Å². The molecule has 1 aromatic heterocycles. The van der Waals surface area contributed by atoms with Crippen LogP contribution in [-0.4, -0.2) is 49.7 Å². The zero-order valence-corrected chi connectivity index (χ0v) is 20.5. The highest BCUT2D eigenvalue weighted by molar-refractivity contribution is 8.00. The molecular formula is C25H26N2O6S2. The lowest BCUT2D eigenvalue weighted by Crippen LogP contribution is -2.42. The number of aliphatic carboxylic acids is 1. The Kier molecular flexibility index (Phi) is 5.56. The number of aromatic amines is 1. The molecule has 2 aromatic rings. The highest BCUT2D eigenvalue weighted by Gasteiger charge is 2.69. The number of nitrogens with zero attached hydrogens (tertiary/aromatic N) is 1. The van der Waals surface area contributed by atoms with Gasteiger partial charge >= 0.3 is 10.8 Å². The van der Waals surface area contributed by atoms with E-state index in [-0.39, 0.29) is 69.6 Å². The van der Waals surface area contributed by atoms with E-state index in [4.69, 9.17) is 5.11 Å². The topological polar surface area (TPSA) is 128 Å². The summed E-state index contributed by atoms with van der Waals surface area (Å²) in [6, 6.07) is 7.22. The third kappa shape index (κ3) is 3.48. The monoisotopic (exact) mass is 514 g/mol. The molecule has 3 fully saturated rings. The number of hydrogen-bond acceptors (Lipinski definition) is 7. The van der Waals surface area contributed by atoms with E-state index < -0.39 is 5.97 Å². The fourth-order valence-corrected chi connectivity index (χ4v) is 10.0. The van der Waals surface area contributed by atoms with Gasteiger partial charge in [-0.25, -0.2) is 0 Å². The van der Waals surface area contributed by atoms with Crippen LogP contribution in [0, 0.1) is 29.6 Å². The predicted octanol–water partition coefficient (Wildman–Crippen LogP) is 3.26. The predicted molar refractivity (Wildman–Crippen MR) is 129 cm³/mol. The van der Waals surface area contributed by atoms with Crippen molar-refractivity contribution in [3.05, 3.63) is 44.4 Å². The van der Waals surface area contributed by atoms with E-state index >= 15 is 0 Å². The molecule has 6 rings (SSSR count). The molecule has 184 valence electrons. The lowest BCUT2D eigenvalue weighted by atomic mass is 9.68. The van der Waals surface area contributed by atoms with E-state index in [1.165, 1.54) is 16.2 Å². The molecule has 10 heteroatoms. The molecule has 2 aliphatic carbocycles. The Morgan fingerprint density at radius 3 is 2.54 bits per heavy atom. The molecule has 8 nitrogen and oxygen atoms in total. The first-order chi connectivity index (χ1) is 16.9. The zero-order valence-electron chi connectivity index (χ0n) is 18.9. The number of rotatable bonds is 7. The standard InChI is InChI=1S/C25H26N2O6S2/c28-14-7-4-3-6-11(14)16-17-12-10-13(20(17)34-22-21(16)35-25(33)26-22)19-18(12)23(31)27(24(19)32)9-5-1-2-8-15(29)30/h3-4,6-7,12-13,16-20,28H,1-2,5,8-10H2,(H,26,33)(H,29,30)/t12-,13+,16+,17+,18+,19+,20-/m0/s1. The number of thiazole rings is 1. The summed E-state index contributed by atoms with van der Waals surface area (Å²) in [5, 5.41) is 20.5. The molecule has 35 heavy (non-hydrogen) atoms. The van der Waals surface area contributed by atoms with Crippen LogP contribution in [-0.2, 0) is 14.4 Å². The summed E-state index contributed by atoms with van der Waals surface area (Å²) in [6.45, 7) is 0.343. The van der Waals surface area contributed by atoms with Crippen LogP contribution in [0.2, 0.25) is 0 Å². The molecule has 3 N–H and O–H groups in total. The van der Waals surface area contributed by atoms with Gasteiger partial charge in [-0.05, 0) is 43.1 Å². The van der Waals surface area contributed by atoms with Crippen LogP contribution in [0.25, 0.3) is 0 Å². The fourth-order valence-electron chi connectivity index (χ4n) is 7.12. The Morgan fingerprint density at radius 2 is 1.80 bits per heavy atom. The van der Waals surface area contributed by atoms with Gasteiger partial charge in [0.25, 0.3) is 0 Å². The molecule has 1 saturated heterocycles. The maximum atomic E-state index is 13.5. The number of carboxylic acid groups (broad SMARTS) is 1. The van der Waals surface area contributed by atoms with Gasteiger partial charge in [0.1, 0.15) is 5.75 Å². The van der Waals surface area contributed by atoms with E-state index in [0.717, 1.165) is 21.9 Å². The first kappa shape index (κ1) is 22.8. The molecule has 4 aliphatic rings. The van der Waals surface area contributed by atoms with Crippen LogP contribution in [0.5, 0.6) is 5.75 Å². The van der Waals surface area contributed by atoms with Gasteiger partial charge in [-0.2, -0.15) is 0 Å². The number of H-pyrrole nitrogens is 1. The van der Waals surface area contributed by atoms with Crippen molar-refractivity contribution in [2.24, 2.45) is 29.6 Å². The second-order valence-electron chi connectivity index (χ2n) is 10.1.